The van der Waals surface area contributed by atoms with Gasteiger partial charge in [0.2, 0.25) is 0 Å². The minimum absolute atomic E-state index is 0.144. The van der Waals surface area contributed by atoms with Crippen LogP contribution in [0.5, 0.6) is 0 Å². The van der Waals surface area contributed by atoms with Gasteiger partial charge in [-0.15, -0.1) is 0 Å². The molecule has 16 heavy (non-hydrogen) atoms. The van der Waals surface area contributed by atoms with Crippen LogP contribution in [0.3, 0.4) is 0 Å². The average Bonchev–Trinajstić information content (AvgIpc) is 2.62. The normalized spacial score (nSPS) is 31.6. The molecule has 1 saturated carbocycles. The van der Waals surface area contributed by atoms with Crippen LogP contribution < -0.4 is 0 Å². The zero-order valence-corrected chi connectivity index (χ0v) is 10.9. The number of halogens is 1. The molecule has 1 spiro atoms. The van der Waals surface area contributed by atoms with Gasteiger partial charge < -0.3 is 5.11 Å². The number of rotatable bonds is 0. The molecule has 2 unspecified atom stereocenters. The first-order valence-corrected chi connectivity index (χ1v) is 6.99. The van der Waals surface area contributed by atoms with Crippen LogP contribution in [-0.2, 0) is 12.8 Å². The van der Waals surface area contributed by atoms with Gasteiger partial charge in [0.1, 0.15) is 0 Å². The fourth-order valence-corrected chi connectivity index (χ4v) is 4.33. The molecule has 0 aliphatic heterocycles. The molecule has 1 fully saturated rings. The second-order valence-corrected chi connectivity index (χ2v) is 6.62. The van der Waals surface area contributed by atoms with Gasteiger partial charge >= 0.3 is 0 Å². The zero-order valence-electron chi connectivity index (χ0n) is 9.32. The highest BCUT2D eigenvalue weighted by Crippen LogP contribution is 2.48. The lowest BCUT2D eigenvalue weighted by molar-refractivity contribution is 0.0763. The first kappa shape index (κ1) is 10.8. The molecule has 2 heteroatoms. The van der Waals surface area contributed by atoms with Crippen molar-refractivity contribution in [2.75, 3.05) is 0 Å². The topological polar surface area (TPSA) is 20.2 Å². The molecule has 0 radical (unpaired) electrons. The van der Waals surface area contributed by atoms with Crippen LogP contribution >= 0.6 is 15.9 Å². The molecule has 2 aliphatic carbocycles. The third-order valence-corrected chi connectivity index (χ3v) is 5.20. The number of alkyl halides is 1. The maximum atomic E-state index is 9.79. The number of hydrogen-bond donors (Lipinski definition) is 1. The number of hydrogen-bond acceptors (Lipinski definition) is 1. The average molecular weight is 281 g/mol. The Kier molecular flexibility index (Phi) is 2.60. The van der Waals surface area contributed by atoms with Crippen molar-refractivity contribution in [3.05, 3.63) is 35.4 Å². The summed E-state index contributed by atoms with van der Waals surface area (Å²) in [6.45, 7) is 0. The molecule has 1 nitrogen and oxygen atoms in total. The van der Waals surface area contributed by atoms with Gasteiger partial charge in [-0.2, -0.15) is 0 Å². The number of aliphatic hydroxyl groups excluding tert-OH is 1. The summed E-state index contributed by atoms with van der Waals surface area (Å²) in [7, 11) is 0. The monoisotopic (exact) mass is 280 g/mol. The second-order valence-electron chi connectivity index (χ2n) is 5.45. The van der Waals surface area contributed by atoms with Crippen molar-refractivity contribution in [2.24, 2.45) is 5.41 Å². The van der Waals surface area contributed by atoms with Crippen molar-refractivity contribution in [1.82, 2.24) is 0 Å². The fraction of sp³-hybridized carbons (Fsp3) is 0.571. The van der Waals surface area contributed by atoms with Crippen molar-refractivity contribution >= 4 is 15.9 Å². The van der Waals surface area contributed by atoms with Crippen LogP contribution in [0.1, 0.15) is 30.4 Å². The van der Waals surface area contributed by atoms with Crippen molar-refractivity contribution < 1.29 is 5.11 Å². The first-order valence-electron chi connectivity index (χ1n) is 6.07. The molecule has 0 bridgehead atoms. The number of benzene rings is 1. The third kappa shape index (κ3) is 1.72. The van der Waals surface area contributed by atoms with Crippen LogP contribution in [0.15, 0.2) is 24.3 Å². The molecule has 0 amide bonds. The quantitative estimate of drug-likeness (QED) is 0.725. The molecule has 1 N–H and O–H groups in total. The Morgan fingerprint density at radius 1 is 1.19 bits per heavy atom. The SMILES string of the molecule is OC1CCC2(Cc3ccccc3C2)CC1Br. The van der Waals surface area contributed by atoms with E-state index >= 15 is 0 Å². The Morgan fingerprint density at radius 2 is 1.81 bits per heavy atom. The smallest absolute Gasteiger partial charge is 0.0665 e. The fourth-order valence-electron chi connectivity index (χ4n) is 3.38. The molecule has 0 aromatic heterocycles. The van der Waals surface area contributed by atoms with Gasteiger partial charge in [-0.05, 0) is 48.6 Å². The molecular weight excluding hydrogens is 264 g/mol. The van der Waals surface area contributed by atoms with Crippen LogP contribution in [0.25, 0.3) is 0 Å². The van der Waals surface area contributed by atoms with Gasteiger partial charge in [-0.25, -0.2) is 0 Å². The molecule has 0 saturated heterocycles. The van der Waals surface area contributed by atoms with E-state index in [2.05, 4.69) is 40.2 Å². The summed E-state index contributed by atoms with van der Waals surface area (Å²) in [4.78, 5) is 0.288. The van der Waals surface area contributed by atoms with Gasteiger partial charge in [0.25, 0.3) is 0 Å². The molecule has 86 valence electrons. The third-order valence-electron chi connectivity index (χ3n) is 4.27. The predicted molar refractivity (Wildman–Crippen MR) is 68.9 cm³/mol. The Labute approximate surface area is 105 Å². The Bertz CT molecular complexity index is 376. The summed E-state index contributed by atoms with van der Waals surface area (Å²) >= 11 is 3.63. The zero-order chi connectivity index (χ0) is 11.2. The lowest BCUT2D eigenvalue weighted by Gasteiger charge is -2.38. The molecule has 2 atom stereocenters. The van der Waals surface area contributed by atoms with E-state index in [4.69, 9.17) is 0 Å². The van der Waals surface area contributed by atoms with E-state index in [-0.39, 0.29) is 10.9 Å². The van der Waals surface area contributed by atoms with Crippen LogP contribution in [0, 0.1) is 5.41 Å². The lowest BCUT2D eigenvalue weighted by atomic mass is 9.71. The lowest BCUT2D eigenvalue weighted by Crippen LogP contribution is -2.37. The molecule has 1 aromatic carbocycles. The van der Waals surface area contributed by atoms with Gasteiger partial charge in [0, 0.05) is 4.83 Å². The van der Waals surface area contributed by atoms with Crippen molar-refractivity contribution in [3.63, 3.8) is 0 Å². The Hall–Kier alpha value is -0.340. The van der Waals surface area contributed by atoms with Crippen molar-refractivity contribution in [3.8, 4) is 0 Å². The van der Waals surface area contributed by atoms with Gasteiger partial charge in [-0.1, -0.05) is 40.2 Å². The summed E-state index contributed by atoms with van der Waals surface area (Å²) in [6.07, 6.45) is 5.50. The summed E-state index contributed by atoms with van der Waals surface area (Å²) < 4.78 is 0. The van der Waals surface area contributed by atoms with Crippen molar-refractivity contribution in [1.29, 1.82) is 0 Å². The number of fused-ring (bicyclic) bond motifs is 1. The van der Waals surface area contributed by atoms with Crippen LogP contribution in [-0.4, -0.2) is 16.0 Å². The highest BCUT2D eigenvalue weighted by atomic mass is 79.9. The molecule has 3 rings (SSSR count). The van der Waals surface area contributed by atoms with E-state index in [1.165, 1.54) is 30.4 Å². The largest absolute Gasteiger partial charge is 0.392 e. The predicted octanol–water partition coefficient (Wildman–Crippen LogP) is 3.08. The highest BCUT2D eigenvalue weighted by Gasteiger charge is 2.43. The van der Waals surface area contributed by atoms with Gasteiger partial charge in [-0.3, -0.25) is 0 Å². The maximum absolute atomic E-state index is 9.79. The molecule has 1 aromatic rings. The Balaban J connectivity index is 1.84. The van der Waals surface area contributed by atoms with Gasteiger partial charge in [0.15, 0.2) is 0 Å². The van der Waals surface area contributed by atoms with E-state index in [1.807, 2.05) is 0 Å². The minimum atomic E-state index is -0.144. The van der Waals surface area contributed by atoms with E-state index in [0.29, 0.717) is 5.41 Å². The van der Waals surface area contributed by atoms with E-state index in [0.717, 1.165) is 12.8 Å². The molecule has 2 aliphatic rings. The Morgan fingerprint density at radius 3 is 2.38 bits per heavy atom. The van der Waals surface area contributed by atoms with E-state index in [9.17, 15) is 5.11 Å². The summed E-state index contributed by atoms with van der Waals surface area (Å²) in [5, 5.41) is 9.79. The number of aliphatic hydroxyl groups is 1. The van der Waals surface area contributed by atoms with Crippen LogP contribution in [0.4, 0.5) is 0 Å². The highest BCUT2D eigenvalue weighted by molar-refractivity contribution is 9.09. The molecular formula is C14H17BrO. The van der Waals surface area contributed by atoms with Crippen LogP contribution in [0.2, 0.25) is 0 Å². The summed E-state index contributed by atoms with van der Waals surface area (Å²) in [5.41, 5.74) is 3.48. The maximum Gasteiger partial charge on any atom is 0.0665 e. The first-order chi connectivity index (χ1) is 7.69. The second kappa shape index (κ2) is 3.85. The standard InChI is InChI=1S/C14H17BrO/c15-12-9-14(6-5-13(12)16)7-10-3-1-2-4-11(10)8-14/h1-4,12-13,16H,5-9H2. The summed E-state index contributed by atoms with van der Waals surface area (Å²) in [5.74, 6) is 0. The van der Waals surface area contributed by atoms with E-state index in [1.54, 1.807) is 0 Å². The van der Waals surface area contributed by atoms with Crippen molar-refractivity contribution in [2.45, 2.75) is 43.0 Å². The molecule has 0 heterocycles. The van der Waals surface area contributed by atoms with Gasteiger partial charge in [0.05, 0.1) is 6.10 Å². The van der Waals surface area contributed by atoms with E-state index < -0.39 is 0 Å². The summed E-state index contributed by atoms with van der Waals surface area (Å²) in [6, 6.07) is 8.80. The minimum Gasteiger partial charge on any atom is -0.392 e.